The van der Waals surface area contributed by atoms with E-state index >= 15 is 0 Å². The summed E-state index contributed by atoms with van der Waals surface area (Å²) in [6.45, 7) is 4.26. The zero-order valence-corrected chi connectivity index (χ0v) is 24.1. The standard InChI is InChI=1S/C30H32FN7O3S/c1-20(39)36-14-9-22(10-15-36)41-23-6-7-28(33-17-23)38-13-3-4-25(38)24-19-42-30(34-24)35-29(40)26-5-2-12-37(26)18-21-8-11-32-27(31)16-21/h2,5-8,11-12,16-17,19,22,25H,3-4,9-10,13-15,18H2,1H3,(H,34,35,40). The Bertz CT molecular complexity index is 1550. The van der Waals surface area contributed by atoms with Crippen molar-refractivity contribution < 1.29 is 18.7 Å². The summed E-state index contributed by atoms with van der Waals surface area (Å²) in [7, 11) is 0. The predicted octanol–water partition coefficient (Wildman–Crippen LogP) is 4.91. The maximum Gasteiger partial charge on any atom is 0.274 e. The van der Waals surface area contributed by atoms with E-state index in [4.69, 9.17) is 14.7 Å². The number of pyridine rings is 2. The number of nitrogens with zero attached hydrogens (tertiary/aromatic N) is 6. The number of amides is 2. The van der Waals surface area contributed by atoms with Crippen LogP contribution in [0.2, 0.25) is 0 Å². The van der Waals surface area contributed by atoms with E-state index in [1.165, 1.54) is 23.6 Å². The first-order valence-corrected chi connectivity index (χ1v) is 15.0. The van der Waals surface area contributed by atoms with Gasteiger partial charge < -0.3 is 19.1 Å². The van der Waals surface area contributed by atoms with Gasteiger partial charge in [-0.25, -0.2) is 15.0 Å². The molecular weight excluding hydrogens is 557 g/mol. The van der Waals surface area contributed by atoms with E-state index in [1.54, 1.807) is 42.1 Å². The normalized spacial score (nSPS) is 17.4. The van der Waals surface area contributed by atoms with Crippen molar-refractivity contribution in [2.45, 2.75) is 51.3 Å². The highest BCUT2D eigenvalue weighted by Gasteiger charge is 2.30. The lowest BCUT2D eigenvalue weighted by molar-refractivity contribution is -0.130. The van der Waals surface area contributed by atoms with Crippen molar-refractivity contribution in [3.63, 3.8) is 0 Å². The minimum Gasteiger partial charge on any atom is -0.489 e. The van der Waals surface area contributed by atoms with Crippen molar-refractivity contribution in [2.24, 2.45) is 0 Å². The van der Waals surface area contributed by atoms with Crippen LogP contribution in [-0.4, -0.2) is 62.0 Å². The average Bonchev–Trinajstić information content (AvgIpc) is 3.75. The summed E-state index contributed by atoms with van der Waals surface area (Å²) in [5, 5.41) is 5.44. The van der Waals surface area contributed by atoms with Gasteiger partial charge in [0.1, 0.15) is 23.4 Å². The quantitative estimate of drug-likeness (QED) is 0.291. The van der Waals surface area contributed by atoms with Gasteiger partial charge in [-0.05, 0) is 54.8 Å². The zero-order valence-electron chi connectivity index (χ0n) is 23.3. The van der Waals surface area contributed by atoms with E-state index in [0.29, 0.717) is 22.9 Å². The van der Waals surface area contributed by atoms with Crippen LogP contribution < -0.4 is 15.0 Å². The third-order valence-electron chi connectivity index (χ3n) is 7.75. The fraction of sp³-hybridized carbons (Fsp3) is 0.367. The summed E-state index contributed by atoms with van der Waals surface area (Å²) in [4.78, 5) is 41.8. The lowest BCUT2D eigenvalue weighted by Crippen LogP contribution is -2.40. The van der Waals surface area contributed by atoms with Gasteiger partial charge in [0.2, 0.25) is 11.9 Å². The molecule has 2 aliphatic heterocycles. The van der Waals surface area contributed by atoms with Gasteiger partial charge in [-0.3, -0.25) is 14.9 Å². The number of hydrogen-bond donors (Lipinski definition) is 1. The molecule has 6 heterocycles. The number of rotatable bonds is 8. The van der Waals surface area contributed by atoms with E-state index in [2.05, 4.69) is 15.2 Å². The van der Waals surface area contributed by atoms with Crippen LogP contribution in [0.4, 0.5) is 15.3 Å². The van der Waals surface area contributed by atoms with Gasteiger partial charge in [-0.15, -0.1) is 11.3 Å². The van der Waals surface area contributed by atoms with Crippen LogP contribution in [0.25, 0.3) is 0 Å². The Kier molecular flexibility index (Phi) is 8.13. The molecule has 10 nitrogen and oxygen atoms in total. The molecule has 1 atom stereocenters. The molecule has 12 heteroatoms. The van der Waals surface area contributed by atoms with Gasteiger partial charge in [0.05, 0.1) is 17.9 Å². The maximum absolute atomic E-state index is 13.5. The number of halogens is 1. The predicted molar refractivity (Wildman–Crippen MR) is 157 cm³/mol. The second kappa shape index (κ2) is 12.3. The molecule has 2 fully saturated rings. The van der Waals surface area contributed by atoms with Crippen molar-refractivity contribution in [1.82, 2.24) is 24.4 Å². The molecule has 1 unspecified atom stereocenters. The molecule has 6 rings (SSSR count). The SMILES string of the molecule is CC(=O)N1CCC(Oc2ccc(N3CCCC3c3csc(NC(=O)c4cccn4Cc4ccnc(F)c4)n3)nc2)CC1. The zero-order chi connectivity index (χ0) is 29.1. The molecule has 2 saturated heterocycles. The van der Waals surface area contributed by atoms with E-state index in [1.807, 2.05) is 22.4 Å². The number of likely N-dealkylation sites (tertiary alicyclic amines) is 1. The topological polar surface area (TPSA) is 105 Å². The molecule has 1 N–H and O–H groups in total. The number of thiazole rings is 1. The van der Waals surface area contributed by atoms with E-state index in [-0.39, 0.29) is 24.0 Å². The Hall–Kier alpha value is -4.32. The van der Waals surface area contributed by atoms with Crippen molar-refractivity contribution in [3.05, 3.63) is 83.3 Å². The van der Waals surface area contributed by atoms with E-state index < -0.39 is 5.95 Å². The highest BCUT2D eigenvalue weighted by Crippen LogP contribution is 2.37. The van der Waals surface area contributed by atoms with Crippen LogP contribution in [0.5, 0.6) is 5.75 Å². The fourth-order valence-corrected chi connectivity index (χ4v) is 6.35. The molecule has 2 amide bonds. The molecule has 4 aromatic heterocycles. The molecule has 218 valence electrons. The Morgan fingerprint density at radius 3 is 2.74 bits per heavy atom. The molecule has 0 radical (unpaired) electrons. The number of anilines is 2. The molecular formula is C30H32FN7O3S. The number of ether oxygens (including phenoxy) is 1. The smallest absolute Gasteiger partial charge is 0.274 e. The monoisotopic (exact) mass is 589 g/mol. The maximum atomic E-state index is 13.5. The second-order valence-corrected chi connectivity index (χ2v) is 11.4. The molecule has 42 heavy (non-hydrogen) atoms. The Labute approximate surface area is 247 Å². The van der Waals surface area contributed by atoms with E-state index in [0.717, 1.165) is 62.6 Å². The summed E-state index contributed by atoms with van der Waals surface area (Å²) in [5.74, 6) is 0.876. The first-order valence-electron chi connectivity index (χ1n) is 14.1. The van der Waals surface area contributed by atoms with Crippen LogP contribution in [-0.2, 0) is 11.3 Å². The van der Waals surface area contributed by atoms with Gasteiger partial charge >= 0.3 is 0 Å². The molecule has 0 aliphatic carbocycles. The first-order chi connectivity index (χ1) is 20.4. The van der Waals surface area contributed by atoms with Gasteiger partial charge in [0.15, 0.2) is 5.13 Å². The number of hydrogen-bond acceptors (Lipinski definition) is 8. The Morgan fingerprint density at radius 2 is 1.98 bits per heavy atom. The second-order valence-electron chi connectivity index (χ2n) is 10.6. The Morgan fingerprint density at radius 1 is 1.12 bits per heavy atom. The van der Waals surface area contributed by atoms with Crippen LogP contribution in [0.15, 0.2) is 60.4 Å². The lowest BCUT2D eigenvalue weighted by Gasteiger charge is -2.31. The number of carbonyl (C=O) groups excluding carboxylic acids is 2. The molecule has 4 aromatic rings. The average molecular weight is 590 g/mol. The van der Waals surface area contributed by atoms with Gasteiger partial charge in [0.25, 0.3) is 5.91 Å². The molecule has 2 aliphatic rings. The summed E-state index contributed by atoms with van der Waals surface area (Å²) in [6, 6.07) is 10.6. The minimum atomic E-state index is -0.552. The largest absolute Gasteiger partial charge is 0.489 e. The highest BCUT2D eigenvalue weighted by molar-refractivity contribution is 7.14. The third-order valence-corrected chi connectivity index (χ3v) is 8.52. The fourth-order valence-electron chi connectivity index (χ4n) is 5.60. The molecule has 0 aromatic carbocycles. The van der Waals surface area contributed by atoms with Crippen LogP contribution in [0.1, 0.15) is 60.4 Å². The van der Waals surface area contributed by atoms with E-state index in [9.17, 15) is 14.0 Å². The summed E-state index contributed by atoms with van der Waals surface area (Å²) in [5.41, 5.74) is 2.07. The molecule has 0 bridgehead atoms. The van der Waals surface area contributed by atoms with Crippen molar-refractivity contribution in [1.29, 1.82) is 0 Å². The summed E-state index contributed by atoms with van der Waals surface area (Å²) < 4.78 is 21.4. The number of nitrogens with one attached hydrogen (secondary N) is 1. The van der Waals surface area contributed by atoms with Crippen LogP contribution >= 0.6 is 11.3 Å². The van der Waals surface area contributed by atoms with Crippen LogP contribution in [0.3, 0.4) is 0 Å². The summed E-state index contributed by atoms with van der Waals surface area (Å²) in [6.07, 6.45) is 8.64. The summed E-state index contributed by atoms with van der Waals surface area (Å²) >= 11 is 1.39. The number of carbonyl (C=O) groups is 2. The lowest BCUT2D eigenvalue weighted by atomic mass is 10.1. The van der Waals surface area contributed by atoms with Crippen molar-refractivity contribution in [2.75, 3.05) is 29.9 Å². The van der Waals surface area contributed by atoms with Crippen molar-refractivity contribution in [3.8, 4) is 5.75 Å². The Balaban J connectivity index is 1.07. The molecule has 0 spiro atoms. The van der Waals surface area contributed by atoms with Crippen LogP contribution in [0, 0.1) is 5.95 Å². The van der Waals surface area contributed by atoms with Gasteiger partial charge in [0, 0.05) is 63.7 Å². The highest BCUT2D eigenvalue weighted by atomic mass is 32.1. The number of piperidine rings is 1. The number of aromatic nitrogens is 4. The molecule has 0 saturated carbocycles. The van der Waals surface area contributed by atoms with Gasteiger partial charge in [-0.2, -0.15) is 4.39 Å². The van der Waals surface area contributed by atoms with Crippen molar-refractivity contribution >= 4 is 34.1 Å². The third kappa shape index (κ3) is 6.28. The first kappa shape index (κ1) is 27.8. The van der Waals surface area contributed by atoms with Gasteiger partial charge in [-0.1, -0.05) is 0 Å². The minimum absolute atomic E-state index is 0.0625.